The van der Waals surface area contributed by atoms with Gasteiger partial charge in [-0.15, -0.1) is 0 Å². The van der Waals surface area contributed by atoms with Crippen LogP contribution in [0.1, 0.15) is 12.8 Å². The van der Waals surface area contributed by atoms with Crippen molar-refractivity contribution in [1.82, 2.24) is 0 Å². The second kappa shape index (κ2) is 4.69. The molecular formula is C5H14N2O2. The van der Waals surface area contributed by atoms with Gasteiger partial charge >= 0.3 is 0 Å². The van der Waals surface area contributed by atoms with Crippen LogP contribution in [-0.4, -0.2) is 29.1 Å². The van der Waals surface area contributed by atoms with E-state index in [9.17, 15) is 0 Å². The Morgan fingerprint density at radius 1 is 1.33 bits per heavy atom. The topological polar surface area (TPSA) is 92.5 Å². The number of nitrogens with two attached hydrogens (primary N) is 2. The van der Waals surface area contributed by atoms with Crippen LogP contribution >= 0.6 is 0 Å². The molecule has 0 saturated carbocycles. The largest absolute Gasteiger partial charge is 0.368 e. The van der Waals surface area contributed by atoms with Crippen molar-refractivity contribution < 1.29 is 10.2 Å². The average molecular weight is 134 g/mol. The fourth-order valence-electron chi connectivity index (χ4n) is 0.603. The van der Waals surface area contributed by atoms with Crippen molar-refractivity contribution in [2.45, 2.75) is 25.2 Å². The molecule has 6 N–H and O–H groups in total. The van der Waals surface area contributed by atoms with Gasteiger partial charge in [-0.05, 0) is 13.0 Å². The molecule has 4 nitrogen and oxygen atoms in total. The van der Waals surface area contributed by atoms with Gasteiger partial charge in [-0.3, -0.25) is 0 Å². The van der Waals surface area contributed by atoms with Crippen molar-refractivity contribution in [3.63, 3.8) is 0 Å². The van der Waals surface area contributed by atoms with Gasteiger partial charge in [-0.2, -0.15) is 0 Å². The molecule has 56 valence electrons. The van der Waals surface area contributed by atoms with Crippen LogP contribution < -0.4 is 11.5 Å². The van der Waals surface area contributed by atoms with Gasteiger partial charge in [0, 0.05) is 12.5 Å². The SMILES string of the molecule is NCCC(N)CC(O)O. The summed E-state index contributed by atoms with van der Waals surface area (Å²) in [6, 6.07) is -0.185. The van der Waals surface area contributed by atoms with E-state index in [0.717, 1.165) is 0 Å². The lowest BCUT2D eigenvalue weighted by molar-refractivity contribution is -0.0494. The molecule has 9 heavy (non-hydrogen) atoms. The predicted molar refractivity (Wildman–Crippen MR) is 34.5 cm³/mol. The van der Waals surface area contributed by atoms with E-state index in [2.05, 4.69) is 0 Å². The summed E-state index contributed by atoms with van der Waals surface area (Å²) < 4.78 is 0. The summed E-state index contributed by atoms with van der Waals surface area (Å²) in [5.74, 6) is 0. The number of rotatable bonds is 4. The molecule has 0 aromatic heterocycles. The summed E-state index contributed by atoms with van der Waals surface area (Å²) >= 11 is 0. The van der Waals surface area contributed by atoms with E-state index in [1.54, 1.807) is 0 Å². The van der Waals surface area contributed by atoms with E-state index in [1.807, 2.05) is 0 Å². The number of hydrogen-bond donors (Lipinski definition) is 4. The summed E-state index contributed by atoms with van der Waals surface area (Å²) in [7, 11) is 0. The number of hydrogen-bond acceptors (Lipinski definition) is 4. The normalized spacial score (nSPS) is 14.3. The third kappa shape index (κ3) is 5.72. The Labute approximate surface area is 54.5 Å². The highest BCUT2D eigenvalue weighted by Gasteiger charge is 2.05. The zero-order valence-corrected chi connectivity index (χ0v) is 5.33. The van der Waals surface area contributed by atoms with Gasteiger partial charge in [-0.25, -0.2) is 0 Å². The molecule has 1 atom stereocenters. The van der Waals surface area contributed by atoms with Crippen molar-refractivity contribution in [2.24, 2.45) is 11.5 Å². The lowest BCUT2D eigenvalue weighted by Gasteiger charge is -2.10. The van der Waals surface area contributed by atoms with Gasteiger partial charge in [0.15, 0.2) is 6.29 Å². The highest BCUT2D eigenvalue weighted by Crippen LogP contribution is 1.94. The lowest BCUT2D eigenvalue weighted by Crippen LogP contribution is -2.28. The average Bonchev–Trinajstić information content (AvgIpc) is 1.63. The van der Waals surface area contributed by atoms with Gasteiger partial charge < -0.3 is 21.7 Å². The first-order valence-electron chi connectivity index (χ1n) is 2.98. The third-order valence-electron chi connectivity index (χ3n) is 1.05. The zero-order valence-electron chi connectivity index (χ0n) is 5.33. The molecule has 0 saturated heterocycles. The maximum Gasteiger partial charge on any atom is 0.152 e. The first-order chi connectivity index (χ1) is 4.16. The van der Waals surface area contributed by atoms with Crippen molar-refractivity contribution in [3.8, 4) is 0 Å². The van der Waals surface area contributed by atoms with Crippen LogP contribution in [0.15, 0.2) is 0 Å². The van der Waals surface area contributed by atoms with Crippen molar-refractivity contribution >= 4 is 0 Å². The maximum atomic E-state index is 8.38. The van der Waals surface area contributed by atoms with E-state index in [4.69, 9.17) is 21.7 Å². The van der Waals surface area contributed by atoms with Gasteiger partial charge in [0.05, 0.1) is 0 Å². The minimum absolute atomic E-state index is 0.185. The Morgan fingerprint density at radius 3 is 2.22 bits per heavy atom. The van der Waals surface area contributed by atoms with Gasteiger partial charge in [-0.1, -0.05) is 0 Å². The number of aliphatic hydroxyl groups excluding tert-OH is 1. The van der Waals surface area contributed by atoms with E-state index in [0.29, 0.717) is 13.0 Å². The molecule has 4 heteroatoms. The van der Waals surface area contributed by atoms with Gasteiger partial charge in [0.2, 0.25) is 0 Å². The summed E-state index contributed by atoms with van der Waals surface area (Å²) in [5, 5.41) is 16.8. The zero-order chi connectivity index (χ0) is 7.28. The molecule has 0 aliphatic rings. The molecule has 0 aromatic rings. The Hall–Kier alpha value is -0.160. The molecule has 1 unspecified atom stereocenters. The van der Waals surface area contributed by atoms with Crippen LogP contribution in [0.5, 0.6) is 0 Å². The minimum atomic E-state index is -1.30. The number of aliphatic hydroxyl groups is 2. The fourth-order valence-corrected chi connectivity index (χ4v) is 0.603. The molecule has 0 radical (unpaired) electrons. The Balaban J connectivity index is 3.15. The Kier molecular flexibility index (Phi) is 4.61. The van der Waals surface area contributed by atoms with E-state index in [1.165, 1.54) is 0 Å². The maximum absolute atomic E-state index is 8.38. The van der Waals surface area contributed by atoms with E-state index in [-0.39, 0.29) is 12.5 Å². The van der Waals surface area contributed by atoms with Crippen LogP contribution in [0.2, 0.25) is 0 Å². The summed E-state index contributed by atoms with van der Waals surface area (Å²) in [4.78, 5) is 0. The minimum Gasteiger partial charge on any atom is -0.368 e. The molecule has 0 spiro atoms. The molecule has 0 aliphatic carbocycles. The smallest absolute Gasteiger partial charge is 0.152 e. The molecular weight excluding hydrogens is 120 g/mol. The second-order valence-electron chi connectivity index (χ2n) is 2.05. The van der Waals surface area contributed by atoms with Crippen LogP contribution in [0.25, 0.3) is 0 Å². The first kappa shape index (κ1) is 8.84. The van der Waals surface area contributed by atoms with Crippen LogP contribution in [-0.2, 0) is 0 Å². The highest BCUT2D eigenvalue weighted by molar-refractivity contribution is 4.61. The highest BCUT2D eigenvalue weighted by atomic mass is 16.5. The van der Waals surface area contributed by atoms with Crippen LogP contribution in [0.4, 0.5) is 0 Å². The third-order valence-corrected chi connectivity index (χ3v) is 1.05. The Morgan fingerprint density at radius 2 is 1.89 bits per heavy atom. The summed E-state index contributed by atoms with van der Waals surface area (Å²) in [6.45, 7) is 0.494. The second-order valence-corrected chi connectivity index (χ2v) is 2.05. The van der Waals surface area contributed by atoms with Crippen molar-refractivity contribution in [3.05, 3.63) is 0 Å². The predicted octanol–water partition coefficient (Wildman–Crippen LogP) is -1.64. The standard InChI is InChI=1S/C5H14N2O2/c6-2-1-4(7)3-5(8)9/h4-5,8-9H,1-3,6-7H2. The van der Waals surface area contributed by atoms with E-state index >= 15 is 0 Å². The molecule has 0 rings (SSSR count). The van der Waals surface area contributed by atoms with Crippen molar-refractivity contribution in [1.29, 1.82) is 0 Å². The molecule has 0 bridgehead atoms. The molecule has 0 aromatic carbocycles. The monoisotopic (exact) mass is 134 g/mol. The van der Waals surface area contributed by atoms with Gasteiger partial charge in [0.25, 0.3) is 0 Å². The Bertz CT molecular complexity index is 68.0. The molecule has 0 fully saturated rings. The lowest BCUT2D eigenvalue weighted by atomic mass is 10.1. The van der Waals surface area contributed by atoms with Gasteiger partial charge in [0.1, 0.15) is 0 Å². The molecule has 0 aliphatic heterocycles. The quantitative estimate of drug-likeness (QED) is 0.347. The fraction of sp³-hybridized carbons (Fsp3) is 1.00. The van der Waals surface area contributed by atoms with Crippen molar-refractivity contribution in [2.75, 3.05) is 6.54 Å². The summed E-state index contributed by atoms with van der Waals surface area (Å²) in [6.07, 6.45) is -0.457. The molecule has 0 amide bonds. The summed E-state index contributed by atoms with van der Waals surface area (Å²) in [5.41, 5.74) is 10.5. The first-order valence-corrected chi connectivity index (χ1v) is 2.98. The van der Waals surface area contributed by atoms with Crippen LogP contribution in [0.3, 0.4) is 0 Å². The molecule has 0 heterocycles. The van der Waals surface area contributed by atoms with Crippen LogP contribution in [0, 0.1) is 0 Å². The van der Waals surface area contributed by atoms with E-state index < -0.39 is 6.29 Å².